The molecule has 0 amide bonds. The molecule has 0 fully saturated rings. The number of rotatable bonds is 9. The molecule has 142 valence electrons. The van der Waals surface area contributed by atoms with Gasteiger partial charge in [0.15, 0.2) is 0 Å². The quantitative estimate of drug-likeness (QED) is 0.496. The molecule has 7 nitrogen and oxygen atoms in total. The van der Waals surface area contributed by atoms with Gasteiger partial charge in [0.05, 0.1) is 17.7 Å². The van der Waals surface area contributed by atoms with Crippen LogP contribution in [0.1, 0.15) is 17.5 Å². The maximum atomic E-state index is 12.8. The van der Waals surface area contributed by atoms with E-state index < -0.39 is 23.8 Å². The van der Waals surface area contributed by atoms with Gasteiger partial charge >= 0.3 is 7.60 Å². The van der Waals surface area contributed by atoms with E-state index in [-0.39, 0.29) is 24.5 Å². The van der Waals surface area contributed by atoms with Crippen LogP contribution in [0.3, 0.4) is 0 Å². The fourth-order valence-electron chi connectivity index (χ4n) is 2.21. The fourth-order valence-corrected chi connectivity index (χ4v) is 4.04. The van der Waals surface area contributed by atoms with Crippen LogP contribution >= 0.6 is 7.60 Å². The Morgan fingerprint density at radius 1 is 1.04 bits per heavy atom. The Morgan fingerprint density at radius 2 is 1.65 bits per heavy atom. The highest BCUT2D eigenvalue weighted by molar-refractivity contribution is 7.89. The van der Waals surface area contributed by atoms with Crippen molar-refractivity contribution in [1.29, 1.82) is 0 Å². The smallest absolute Gasteiger partial charge is 0.324 e. The third kappa shape index (κ3) is 6.32. The first-order valence-electron chi connectivity index (χ1n) is 7.99. The van der Waals surface area contributed by atoms with Gasteiger partial charge in [-0.1, -0.05) is 52.5 Å². The van der Waals surface area contributed by atoms with Gasteiger partial charge in [-0.15, -0.1) is 0 Å². The second-order valence-corrected chi connectivity index (χ2v) is 9.45. The third-order valence-corrected chi connectivity index (χ3v) is 6.19. The lowest BCUT2D eigenvalue weighted by Crippen LogP contribution is -2.32. The zero-order valence-corrected chi connectivity index (χ0v) is 16.1. The van der Waals surface area contributed by atoms with Gasteiger partial charge in [-0.05, 0) is 31.0 Å². The van der Waals surface area contributed by atoms with Gasteiger partial charge in [-0.3, -0.25) is 9.40 Å². The van der Waals surface area contributed by atoms with E-state index in [2.05, 4.69) is 0 Å². The van der Waals surface area contributed by atoms with E-state index in [0.717, 1.165) is 15.6 Å². The molecular weight excluding hydrogens is 377 g/mol. The molecule has 9 heteroatoms. The summed E-state index contributed by atoms with van der Waals surface area (Å²) in [5.74, 6) is 0. The van der Waals surface area contributed by atoms with E-state index in [1.807, 2.05) is 25.1 Å². The topological polar surface area (TPSA) is 104 Å². The molecule has 0 saturated carbocycles. The Kier molecular flexibility index (Phi) is 7.11. The minimum atomic E-state index is -4.21. The van der Waals surface area contributed by atoms with Gasteiger partial charge in [0.2, 0.25) is 0 Å². The minimum Gasteiger partial charge on any atom is -0.324 e. The van der Waals surface area contributed by atoms with Crippen LogP contribution in [-0.2, 0) is 26.0 Å². The lowest BCUT2D eigenvalue weighted by molar-refractivity contribution is -0.0959. The van der Waals surface area contributed by atoms with Crippen LogP contribution in [0.2, 0.25) is 0 Å². The van der Waals surface area contributed by atoms with Crippen molar-refractivity contribution in [3.63, 3.8) is 0 Å². The van der Waals surface area contributed by atoms with E-state index in [1.54, 1.807) is 24.3 Å². The Morgan fingerprint density at radius 3 is 2.23 bits per heavy atom. The van der Waals surface area contributed by atoms with Gasteiger partial charge < -0.3 is 9.79 Å². The number of benzene rings is 2. The van der Waals surface area contributed by atoms with Crippen LogP contribution in [0.25, 0.3) is 0 Å². The molecule has 0 unspecified atom stereocenters. The molecule has 26 heavy (non-hydrogen) atoms. The van der Waals surface area contributed by atoms with Crippen LogP contribution in [0, 0.1) is 6.92 Å². The summed E-state index contributed by atoms with van der Waals surface area (Å²) in [6.07, 6.45) is -0.439. The fraction of sp³-hybridized carbons (Fsp3) is 0.294. The van der Waals surface area contributed by atoms with Crippen molar-refractivity contribution in [2.75, 3.05) is 12.7 Å². The van der Waals surface area contributed by atoms with E-state index in [4.69, 9.17) is 14.6 Å². The Balaban J connectivity index is 2.17. The summed E-state index contributed by atoms with van der Waals surface area (Å²) >= 11 is 0. The van der Waals surface area contributed by atoms with E-state index in [0.29, 0.717) is 0 Å². The first-order chi connectivity index (χ1) is 12.2. The van der Waals surface area contributed by atoms with E-state index in [1.165, 1.54) is 12.1 Å². The zero-order valence-electron chi connectivity index (χ0n) is 14.4. The van der Waals surface area contributed by atoms with Gasteiger partial charge in [0.25, 0.3) is 10.0 Å². The molecule has 0 aliphatic heterocycles. The zero-order chi connectivity index (χ0) is 19.2. The second kappa shape index (κ2) is 8.90. The lowest BCUT2D eigenvalue weighted by atomic mass is 10.2. The molecule has 2 aromatic rings. The normalized spacial score (nSPS) is 12.5. The number of hydrogen-bond donors (Lipinski definition) is 2. The Hall–Kier alpha value is -1.54. The molecule has 0 heterocycles. The first kappa shape index (κ1) is 20.8. The Labute approximate surface area is 153 Å². The van der Waals surface area contributed by atoms with Gasteiger partial charge in [-0.2, -0.15) is 0 Å². The van der Waals surface area contributed by atoms with Crippen LogP contribution in [0.5, 0.6) is 0 Å². The van der Waals surface area contributed by atoms with Gasteiger partial charge in [-0.25, -0.2) is 8.42 Å². The van der Waals surface area contributed by atoms with Crippen molar-refractivity contribution >= 4 is 17.6 Å². The summed E-state index contributed by atoms with van der Waals surface area (Å²) in [7, 11) is -8.15. The first-order valence-corrected chi connectivity index (χ1v) is 11.2. The predicted octanol–water partition coefficient (Wildman–Crippen LogP) is 2.69. The molecule has 0 bridgehead atoms. The maximum Gasteiger partial charge on any atom is 0.325 e. The highest BCUT2D eigenvalue weighted by Crippen LogP contribution is 2.35. The summed E-state index contributed by atoms with van der Waals surface area (Å²) in [4.78, 5) is 23.5. The molecule has 0 radical (unpaired) electrons. The summed E-state index contributed by atoms with van der Waals surface area (Å²) in [6, 6.07) is 15.4. The van der Waals surface area contributed by atoms with Crippen molar-refractivity contribution in [1.82, 2.24) is 4.47 Å². The molecular formula is C17H22NO6PS. The van der Waals surface area contributed by atoms with Crippen LogP contribution in [0.4, 0.5) is 0 Å². The lowest BCUT2D eigenvalue weighted by Gasteiger charge is -2.22. The molecule has 2 rings (SSSR count). The molecule has 0 atom stereocenters. The van der Waals surface area contributed by atoms with Crippen molar-refractivity contribution in [3.8, 4) is 0 Å². The number of sulfonamides is 1. The molecule has 0 spiro atoms. The molecule has 0 aromatic heterocycles. The Bertz CT molecular complexity index is 849. The highest BCUT2D eigenvalue weighted by atomic mass is 32.2. The molecule has 2 aromatic carbocycles. The number of nitrogens with zero attached hydrogens (tertiary/aromatic N) is 1. The van der Waals surface area contributed by atoms with Gasteiger partial charge in [0, 0.05) is 6.54 Å². The van der Waals surface area contributed by atoms with E-state index >= 15 is 0 Å². The van der Waals surface area contributed by atoms with Crippen molar-refractivity contribution in [2.45, 2.75) is 24.8 Å². The van der Waals surface area contributed by atoms with Crippen LogP contribution in [-0.4, -0.2) is 35.4 Å². The molecule has 2 N–H and O–H groups in total. The molecule has 0 aliphatic carbocycles. The van der Waals surface area contributed by atoms with E-state index in [9.17, 15) is 13.0 Å². The van der Waals surface area contributed by atoms with Crippen LogP contribution < -0.4 is 0 Å². The number of hydroxylamine groups is 1. The second-order valence-electron chi connectivity index (χ2n) is 5.85. The maximum absolute atomic E-state index is 12.8. The monoisotopic (exact) mass is 399 g/mol. The summed E-state index contributed by atoms with van der Waals surface area (Å²) < 4.78 is 37.5. The average Bonchev–Trinajstić information content (AvgIpc) is 2.58. The standard InChI is InChI=1S/C17H22NO6PS/c1-15-8-10-17(11-9-15)26(22,23)18(12-5-13-25(19,20)21)24-14-16-6-3-2-4-7-16/h2-4,6-11H,5,12-14H2,1H3,(H2,19,20,21). The SMILES string of the molecule is Cc1ccc(S(=O)(=O)N(CCCP(=O)(O)O)OCc2ccccc2)cc1. The summed E-state index contributed by atoms with van der Waals surface area (Å²) in [6.45, 7) is 1.72. The number of aryl methyl sites for hydroxylation is 1. The van der Waals surface area contributed by atoms with Crippen molar-refractivity contribution in [3.05, 3.63) is 65.7 Å². The predicted molar refractivity (Wildman–Crippen MR) is 97.8 cm³/mol. The summed E-state index contributed by atoms with van der Waals surface area (Å²) in [5, 5.41) is 0. The number of hydrogen-bond acceptors (Lipinski definition) is 4. The molecule has 0 saturated heterocycles. The third-order valence-electron chi connectivity index (χ3n) is 3.60. The minimum absolute atomic E-state index is 0.0237. The average molecular weight is 399 g/mol. The van der Waals surface area contributed by atoms with Crippen molar-refractivity contribution in [2.24, 2.45) is 0 Å². The largest absolute Gasteiger partial charge is 0.325 e. The highest BCUT2D eigenvalue weighted by Gasteiger charge is 2.26. The molecule has 0 aliphatic rings. The van der Waals surface area contributed by atoms with Crippen molar-refractivity contribution < 1.29 is 27.6 Å². The summed E-state index contributed by atoms with van der Waals surface area (Å²) in [5.41, 5.74) is 1.70. The van der Waals surface area contributed by atoms with Gasteiger partial charge in [0.1, 0.15) is 0 Å². The van der Waals surface area contributed by atoms with Crippen LogP contribution in [0.15, 0.2) is 59.5 Å².